The number of carboxylic acids is 1. The standard InChI is InChI=1S/C20H18N2O2/c23-20(24)16-13-19(21-17-10-5-4-9-15(16)17)22-12-6-11-18(22)14-7-2-1-3-8-14/h1-5,7-10,13,18H,6,11-12H2,(H,23,24). The first-order valence-corrected chi connectivity index (χ1v) is 8.19. The van der Waals surface area contributed by atoms with E-state index in [0.717, 1.165) is 30.7 Å². The highest BCUT2D eigenvalue weighted by molar-refractivity contribution is 6.03. The molecule has 2 aromatic carbocycles. The predicted octanol–water partition coefficient (Wildman–Crippen LogP) is 4.27. The average Bonchev–Trinajstić information content (AvgIpc) is 3.11. The Labute approximate surface area is 140 Å². The number of carboxylic acid groups (broad SMARTS) is 1. The van der Waals surface area contributed by atoms with Crippen molar-refractivity contribution in [3.05, 3.63) is 71.8 Å². The third-order valence-corrected chi connectivity index (χ3v) is 4.66. The van der Waals surface area contributed by atoms with Crippen molar-refractivity contribution in [1.29, 1.82) is 0 Å². The molecule has 2 heterocycles. The van der Waals surface area contributed by atoms with Crippen LogP contribution in [-0.4, -0.2) is 22.6 Å². The van der Waals surface area contributed by atoms with Gasteiger partial charge in [0.2, 0.25) is 0 Å². The Hall–Kier alpha value is -2.88. The second-order valence-corrected chi connectivity index (χ2v) is 6.11. The van der Waals surface area contributed by atoms with Crippen molar-refractivity contribution in [1.82, 2.24) is 4.98 Å². The second kappa shape index (κ2) is 5.96. The zero-order valence-corrected chi connectivity index (χ0v) is 13.2. The van der Waals surface area contributed by atoms with Crippen LogP contribution in [0.2, 0.25) is 0 Å². The number of nitrogens with zero attached hydrogens (tertiary/aromatic N) is 2. The van der Waals surface area contributed by atoms with Gasteiger partial charge < -0.3 is 10.0 Å². The van der Waals surface area contributed by atoms with Crippen LogP contribution in [0.5, 0.6) is 0 Å². The minimum absolute atomic E-state index is 0.251. The molecule has 1 aliphatic heterocycles. The number of fused-ring (bicyclic) bond motifs is 1. The van der Waals surface area contributed by atoms with Crippen LogP contribution >= 0.6 is 0 Å². The van der Waals surface area contributed by atoms with Gasteiger partial charge >= 0.3 is 5.97 Å². The molecule has 24 heavy (non-hydrogen) atoms. The summed E-state index contributed by atoms with van der Waals surface area (Å²) in [6, 6.07) is 19.7. The maximum absolute atomic E-state index is 11.7. The van der Waals surface area contributed by atoms with Crippen molar-refractivity contribution >= 4 is 22.7 Å². The minimum Gasteiger partial charge on any atom is -0.478 e. The molecule has 0 bridgehead atoms. The highest BCUT2D eigenvalue weighted by Gasteiger charge is 2.28. The molecule has 1 saturated heterocycles. The van der Waals surface area contributed by atoms with E-state index in [-0.39, 0.29) is 6.04 Å². The van der Waals surface area contributed by atoms with E-state index in [9.17, 15) is 9.90 Å². The van der Waals surface area contributed by atoms with Crippen molar-refractivity contribution in [2.24, 2.45) is 0 Å². The maximum Gasteiger partial charge on any atom is 0.336 e. The Kier molecular flexibility index (Phi) is 3.65. The molecule has 4 heteroatoms. The summed E-state index contributed by atoms with van der Waals surface area (Å²) in [7, 11) is 0. The van der Waals surface area contributed by atoms with Crippen LogP contribution in [0.25, 0.3) is 10.9 Å². The number of benzene rings is 2. The lowest BCUT2D eigenvalue weighted by Gasteiger charge is -2.26. The smallest absolute Gasteiger partial charge is 0.336 e. The quantitative estimate of drug-likeness (QED) is 0.783. The van der Waals surface area contributed by atoms with Crippen LogP contribution in [0.4, 0.5) is 5.82 Å². The fourth-order valence-electron chi connectivity index (χ4n) is 3.55. The summed E-state index contributed by atoms with van der Waals surface area (Å²) >= 11 is 0. The van der Waals surface area contributed by atoms with Crippen LogP contribution in [0.3, 0.4) is 0 Å². The average molecular weight is 318 g/mol. The number of hydrogen-bond acceptors (Lipinski definition) is 3. The van der Waals surface area contributed by atoms with Crippen molar-refractivity contribution in [3.8, 4) is 0 Å². The van der Waals surface area contributed by atoms with Crippen LogP contribution in [-0.2, 0) is 0 Å². The molecule has 0 saturated carbocycles. The van der Waals surface area contributed by atoms with Gasteiger partial charge in [-0.1, -0.05) is 48.5 Å². The molecule has 4 nitrogen and oxygen atoms in total. The van der Waals surface area contributed by atoms with Gasteiger partial charge in [0.1, 0.15) is 5.82 Å². The predicted molar refractivity (Wildman–Crippen MR) is 94.5 cm³/mol. The third kappa shape index (κ3) is 2.50. The van der Waals surface area contributed by atoms with E-state index in [1.54, 1.807) is 6.07 Å². The molecule has 4 rings (SSSR count). The van der Waals surface area contributed by atoms with E-state index < -0.39 is 5.97 Å². The monoisotopic (exact) mass is 318 g/mol. The van der Waals surface area contributed by atoms with E-state index in [2.05, 4.69) is 17.0 Å². The Balaban J connectivity index is 1.82. The van der Waals surface area contributed by atoms with E-state index >= 15 is 0 Å². The molecule has 0 spiro atoms. The number of pyridine rings is 1. The fourth-order valence-corrected chi connectivity index (χ4v) is 3.55. The normalized spacial score (nSPS) is 17.3. The SMILES string of the molecule is O=C(O)c1cc(N2CCCC2c2ccccc2)nc2ccccc12. The van der Waals surface area contributed by atoms with Gasteiger partial charge in [-0.15, -0.1) is 0 Å². The zero-order valence-electron chi connectivity index (χ0n) is 13.2. The summed E-state index contributed by atoms with van der Waals surface area (Å²) in [6.07, 6.45) is 2.14. The lowest BCUT2D eigenvalue weighted by Crippen LogP contribution is -2.24. The van der Waals surface area contributed by atoms with Crippen molar-refractivity contribution in [2.75, 3.05) is 11.4 Å². The Morgan fingerprint density at radius 1 is 1.08 bits per heavy atom. The van der Waals surface area contributed by atoms with Gasteiger partial charge in [-0.25, -0.2) is 9.78 Å². The maximum atomic E-state index is 11.7. The van der Waals surface area contributed by atoms with Gasteiger partial charge in [0, 0.05) is 11.9 Å². The molecule has 1 aliphatic rings. The van der Waals surface area contributed by atoms with Crippen molar-refractivity contribution in [2.45, 2.75) is 18.9 Å². The van der Waals surface area contributed by atoms with Gasteiger partial charge in [0.15, 0.2) is 0 Å². The van der Waals surface area contributed by atoms with Crippen LogP contribution in [0.15, 0.2) is 60.7 Å². The number of aromatic nitrogens is 1. The van der Waals surface area contributed by atoms with Crippen LogP contribution < -0.4 is 4.90 Å². The molecule has 1 fully saturated rings. The molecular weight excluding hydrogens is 300 g/mol. The number of hydrogen-bond donors (Lipinski definition) is 1. The van der Waals surface area contributed by atoms with Crippen molar-refractivity contribution < 1.29 is 9.90 Å². The fraction of sp³-hybridized carbons (Fsp3) is 0.200. The first-order valence-electron chi connectivity index (χ1n) is 8.19. The molecule has 1 atom stereocenters. The second-order valence-electron chi connectivity index (χ2n) is 6.11. The topological polar surface area (TPSA) is 53.4 Å². The van der Waals surface area contributed by atoms with Crippen LogP contribution in [0.1, 0.15) is 34.8 Å². The number of aromatic carboxylic acids is 1. The Morgan fingerprint density at radius 3 is 2.62 bits per heavy atom. The lowest BCUT2D eigenvalue weighted by molar-refractivity contribution is 0.0699. The molecule has 0 aliphatic carbocycles. The first-order chi connectivity index (χ1) is 11.7. The summed E-state index contributed by atoms with van der Waals surface area (Å²) < 4.78 is 0. The molecule has 0 amide bonds. The minimum atomic E-state index is -0.912. The molecule has 1 aromatic heterocycles. The largest absolute Gasteiger partial charge is 0.478 e. The summed E-state index contributed by atoms with van der Waals surface area (Å²) in [5.41, 5.74) is 2.29. The number of para-hydroxylation sites is 1. The highest BCUT2D eigenvalue weighted by Crippen LogP contribution is 2.36. The lowest BCUT2D eigenvalue weighted by atomic mass is 10.0. The molecule has 1 N–H and O–H groups in total. The first kappa shape index (κ1) is 14.7. The zero-order chi connectivity index (χ0) is 16.5. The number of rotatable bonds is 3. The van der Waals surface area contributed by atoms with Gasteiger partial charge in [0.25, 0.3) is 0 Å². The summed E-state index contributed by atoms with van der Waals surface area (Å²) in [6.45, 7) is 0.893. The van der Waals surface area contributed by atoms with Gasteiger partial charge in [0.05, 0.1) is 17.1 Å². The van der Waals surface area contributed by atoms with E-state index in [1.165, 1.54) is 5.56 Å². The van der Waals surface area contributed by atoms with E-state index in [0.29, 0.717) is 10.9 Å². The Morgan fingerprint density at radius 2 is 1.83 bits per heavy atom. The molecule has 0 radical (unpaired) electrons. The Bertz CT molecular complexity index is 893. The number of anilines is 1. The molecule has 120 valence electrons. The number of carbonyl (C=O) groups is 1. The third-order valence-electron chi connectivity index (χ3n) is 4.66. The van der Waals surface area contributed by atoms with E-state index in [1.807, 2.05) is 42.5 Å². The van der Waals surface area contributed by atoms with E-state index in [4.69, 9.17) is 4.98 Å². The molecule has 1 unspecified atom stereocenters. The van der Waals surface area contributed by atoms with Gasteiger partial charge in [-0.2, -0.15) is 0 Å². The molecular formula is C20H18N2O2. The summed E-state index contributed by atoms with van der Waals surface area (Å²) in [5.74, 6) is -0.164. The van der Waals surface area contributed by atoms with Gasteiger partial charge in [-0.05, 0) is 30.5 Å². The van der Waals surface area contributed by atoms with Crippen molar-refractivity contribution in [3.63, 3.8) is 0 Å². The van der Waals surface area contributed by atoms with Crippen LogP contribution in [0, 0.1) is 0 Å². The van der Waals surface area contributed by atoms with Gasteiger partial charge in [-0.3, -0.25) is 0 Å². The highest BCUT2D eigenvalue weighted by atomic mass is 16.4. The summed E-state index contributed by atoms with van der Waals surface area (Å²) in [5, 5.41) is 10.3. The summed E-state index contributed by atoms with van der Waals surface area (Å²) in [4.78, 5) is 18.7. The molecule has 3 aromatic rings.